The van der Waals surface area contributed by atoms with Gasteiger partial charge in [-0.05, 0) is 52.9 Å². The molecule has 0 heterocycles. The first-order chi connectivity index (χ1) is 8.85. The van der Waals surface area contributed by atoms with Gasteiger partial charge in [-0.15, -0.1) is 0 Å². The van der Waals surface area contributed by atoms with Crippen LogP contribution >= 0.6 is 0 Å². The van der Waals surface area contributed by atoms with E-state index < -0.39 is 11.5 Å². The van der Waals surface area contributed by atoms with Gasteiger partial charge in [0.25, 0.3) is 0 Å². The molecule has 0 radical (unpaired) electrons. The molecule has 0 amide bonds. The predicted octanol–water partition coefficient (Wildman–Crippen LogP) is 1.23. The van der Waals surface area contributed by atoms with Gasteiger partial charge in [0, 0.05) is 13.1 Å². The topological polar surface area (TPSA) is 69.8 Å². The van der Waals surface area contributed by atoms with Crippen molar-refractivity contribution < 1.29 is 9.90 Å². The summed E-state index contributed by atoms with van der Waals surface area (Å²) in [6.07, 6.45) is 2.98. The van der Waals surface area contributed by atoms with E-state index in [1.165, 1.54) is 0 Å². The molecule has 0 aliphatic rings. The summed E-state index contributed by atoms with van der Waals surface area (Å²) in [5.41, 5.74) is 4.84. The molecule has 0 bridgehead atoms. The molecule has 0 saturated carbocycles. The third-order valence-corrected chi connectivity index (χ3v) is 3.56. The van der Waals surface area contributed by atoms with Crippen LogP contribution < -0.4 is 5.73 Å². The van der Waals surface area contributed by atoms with Crippen molar-refractivity contribution in [1.82, 2.24) is 9.80 Å². The number of carbonyl (C=O) groups is 1. The molecule has 0 saturated heterocycles. The molecule has 0 fully saturated rings. The lowest BCUT2D eigenvalue weighted by molar-refractivity contribution is -0.143. The van der Waals surface area contributed by atoms with Crippen molar-refractivity contribution in [3.63, 3.8) is 0 Å². The molecule has 5 nitrogen and oxygen atoms in total. The Morgan fingerprint density at radius 2 is 1.79 bits per heavy atom. The van der Waals surface area contributed by atoms with Crippen LogP contribution in [-0.4, -0.2) is 66.7 Å². The SMILES string of the molecule is CCCN(CCCC(N)(CC)C(=O)O)CCN(C)C. The second kappa shape index (κ2) is 9.28. The number of carboxylic acid groups (broad SMARTS) is 1. The molecule has 0 aromatic carbocycles. The Hall–Kier alpha value is -0.650. The lowest BCUT2D eigenvalue weighted by Gasteiger charge is -2.27. The number of aliphatic carboxylic acids is 1. The number of nitrogens with zero attached hydrogens (tertiary/aromatic N) is 2. The summed E-state index contributed by atoms with van der Waals surface area (Å²) in [6, 6.07) is 0. The van der Waals surface area contributed by atoms with E-state index in [1.807, 2.05) is 6.92 Å². The highest BCUT2D eigenvalue weighted by molar-refractivity contribution is 5.78. The van der Waals surface area contributed by atoms with Gasteiger partial charge in [0.15, 0.2) is 0 Å². The van der Waals surface area contributed by atoms with Gasteiger partial charge < -0.3 is 20.6 Å². The molecule has 0 aromatic rings. The minimum Gasteiger partial charge on any atom is -0.480 e. The van der Waals surface area contributed by atoms with E-state index in [0.717, 1.165) is 39.0 Å². The van der Waals surface area contributed by atoms with Crippen LogP contribution in [0.4, 0.5) is 0 Å². The van der Waals surface area contributed by atoms with Crippen LogP contribution in [0.3, 0.4) is 0 Å². The molecule has 0 rings (SSSR count). The highest BCUT2D eigenvalue weighted by Gasteiger charge is 2.31. The summed E-state index contributed by atoms with van der Waals surface area (Å²) in [5.74, 6) is -0.884. The Morgan fingerprint density at radius 1 is 1.16 bits per heavy atom. The Bertz CT molecular complexity index is 259. The normalized spacial score (nSPS) is 14.9. The maximum absolute atomic E-state index is 11.1. The summed E-state index contributed by atoms with van der Waals surface area (Å²) >= 11 is 0. The molecule has 0 spiro atoms. The zero-order valence-corrected chi connectivity index (χ0v) is 13.0. The summed E-state index contributed by atoms with van der Waals surface area (Å²) in [6.45, 7) is 8.04. The maximum Gasteiger partial charge on any atom is 0.323 e. The van der Waals surface area contributed by atoms with Gasteiger partial charge in [0.2, 0.25) is 0 Å². The monoisotopic (exact) mass is 273 g/mol. The Labute approximate surface area is 117 Å². The standard InChI is InChI=1S/C14H31N3O2/c1-5-9-17(12-11-16(3)4)10-7-8-14(15,6-2)13(18)19/h5-12,15H2,1-4H3,(H,18,19). The molecule has 0 aromatic heterocycles. The van der Waals surface area contributed by atoms with E-state index in [0.29, 0.717) is 12.8 Å². The number of hydrogen-bond donors (Lipinski definition) is 2. The van der Waals surface area contributed by atoms with Crippen molar-refractivity contribution in [1.29, 1.82) is 0 Å². The van der Waals surface area contributed by atoms with Crippen molar-refractivity contribution in [2.75, 3.05) is 40.3 Å². The summed E-state index contributed by atoms with van der Waals surface area (Å²) in [5, 5.41) is 9.13. The van der Waals surface area contributed by atoms with Crippen molar-refractivity contribution in [2.45, 2.75) is 45.1 Å². The number of nitrogens with two attached hydrogens (primary N) is 1. The average molecular weight is 273 g/mol. The first-order valence-corrected chi connectivity index (χ1v) is 7.25. The molecule has 1 atom stereocenters. The van der Waals surface area contributed by atoms with Crippen LogP contribution in [0.25, 0.3) is 0 Å². The number of rotatable bonds is 11. The van der Waals surface area contributed by atoms with Gasteiger partial charge in [-0.25, -0.2) is 0 Å². The second-order valence-corrected chi connectivity index (χ2v) is 5.56. The van der Waals surface area contributed by atoms with Gasteiger partial charge in [-0.2, -0.15) is 0 Å². The predicted molar refractivity (Wildman–Crippen MR) is 79.4 cm³/mol. The molecule has 1 unspecified atom stereocenters. The minimum atomic E-state index is -1.06. The second-order valence-electron chi connectivity index (χ2n) is 5.56. The van der Waals surface area contributed by atoms with E-state index in [4.69, 9.17) is 10.8 Å². The van der Waals surface area contributed by atoms with Crippen LogP contribution in [0, 0.1) is 0 Å². The smallest absolute Gasteiger partial charge is 0.323 e. The molecule has 114 valence electrons. The summed E-state index contributed by atoms with van der Waals surface area (Å²) in [4.78, 5) is 15.7. The molecular weight excluding hydrogens is 242 g/mol. The molecular formula is C14H31N3O2. The van der Waals surface area contributed by atoms with Gasteiger partial charge in [-0.1, -0.05) is 13.8 Å². The van der Waals surface area contributed by atoms with Gasteiger partial charge >= 0.3 is 5.97 Å². The zero-order chi connectivity index (χ0) is 14.9. The fourth-order valence-corrected chi connectivity index (χ4v) is 2.05. The third-order valence-electron chi connectivity index (χ3n) is 3.56. The molecule has 19 heavy (non-hydrogen) atoms. The van der Waals surface area contributed by atoms with Gasteiger partial charge in [0.05, 0.1) is 0 Å². The van der Waals surface area contributed by atoms with Crippen molar-refractivity contribution in [3.05, 3.63) is 0 Å². The minimum absolute atomic E-state index is 0.480. The maximum atomic E-state index is 11.1. The Balaban J connectivity index is 4.13. The number of hydrogen-bond acceptors (Lipinski definition) is 4. The molecule has 5 heteroatoms. The Kier molecular flexibility index (Phi) is 8.97. The zero-order valence-electron chi connectivity index (χ0n) is 13.0. The van der Waals surface area contributed by atoms with Crippen LogP contribution in [0.15, 0.2) is 0 Å². The number of carboxylic acids is 1. The van der Waals surface area contributed by atoms with Crippen LogP contribution in [-0.2, 0) is 4.79 Å². The van der Waals surface area contributed by atoms with Gasteiger partial charge in [-0.3, -0.25) is 4.79 Å². The highest BCUT2D eigenvalue weighted by atomic mass is 16.4. The largest absolute Gasteiger partial charge is 0.480 e. The molecule has 0 aliphatic heterocycles. The van der Waals surface area contributed by atoms with Crippen molar-refractivity contribution in [2.24, 2.45) is 5.73 Å². The first kappa shape index (κ1) is 18.4. The third kappa shape index (κ3) is 7.50. The van der Waals surface area contributed by atoms with E-state index in [9.17, 15) is 4.79 Å². The average Bonchev–Trinajstić information content (AvgIpc) is 2.35. The molecule has 0 aliphatic carbocycles. The number of likely N-dealkylation sites (N-methyl/N-ethyl adjacent to an activating group) is 1. The highest BCUT2D eigenvalue weighted by Crippen LogP contribution is 2.15. The molecule has 3 N–H and O–H groups in total. The Morgan fingerprint density at radius 3 is 2.21 bits per heavy atom. The van der Waals surface area contributed by atoms with Gasteiger partial charge in [0.1, 0.15) is 5.54 Å². The van der Waals surface area contributed by atoms with E-state index in [1.54, 1.807) is 0 Å². The summed E-state index contributed by atoms with van der Waals surface area (Å²) < 4.78 is 0. The van der Waals surface area contributed by atoms with Crippen LogP contribution in [0.1, 0.15) is 39.5 Å². The summed E-state index contributed by atoms with van der Waals surface area (Å²) in [7, 11) is 4.13. The fraction of sp³-hybridized carbons (Fsp3) is 0.929. The first-order valence-electron chi connectivity index (χ1n) is 7.25. The van der Waals surface area contributed by atoms with E-state index >= 15 is 0 Å². The lowest BCUT2D eigenvalue weighted by Crippen LogP contribution is -2.47. The van der Waals surface area contributed by atoms with E-state index in [2.05, 4.69) is 30.8 Å². The van der Waals surface area contributed by atoms with Crippen LogP contribution in [0.2, 0.25) is 0 Å². The quantitative estimate of drug-likeness (QED) is 0.592. The lowest BCUT2D eigenvalue weighted by atomic mass is 9.92. The van der Waals surface area contributed by atoms with Crippen molar-refractivity contribution in [3.8, 4) is 0 Å². The van der Waals surface area contributed by atoms with Crippen LogP contribution in [0.5, 0.6) is 0 Å². The van der Waals surface area contributed by atoms with Crippen molar-refractivity contribution >= 4 is 5.97 Å². The fourth-order valence-electron chi connectivity index (χ4n) is 2.05. The van der Waals surface area contributed by atoms with E-state index in [-0.39, 0.29) is 0 Å².